The first-order chi connectivity index (χ1) is 11.7. The molecule has 24 heavy (non-hydrogen) atoms. The van der Waals surface area contributed by atoms with Crippen molar-refractivity contribution in [2.24, 2.45) is 11.8 Å². The first-order valence-corrected chi connectivity index (χ1v) is 9.35. The molecule has 4 bridgehead atoms. The minimum atomic E-state index is 0.302. The molecular weight excluding hydrogens is 300 g/mol. The molecule has 3 fully saturated rings. The number of H-pyrrole nitrogens is 1. The largest absolute Gasteiger partial charge is 0.504 e. The van der Waals surface area contributed by atoms with Gasteiger partial charge in [-0.2, -0.15) is 0 Å². The highest BCUT2D eigenvalue weighted by Crippen LogP contribution is 2.52. The lowest BCUT2D eigenvalue weighted by Gasteiger charge is -2.53. The van der Waals surface area contributed by atoms with Gasteiger partial charge in [-0.05, 0) is 48.8 Å². The molecule has 2 aromatic rings. The van der Waals surface area contributed by atoms with Gasteiger partial charge in [-0.3, -0.25) is 4.90 Å². The van der Waals surface area contributed by atoms with Crippen molar-refractivity contribution in [3.05, 3.63) is 23.4 Å². The predicted molar refractivity (Wildman–Crippen MR) is 94.8 cm³/mol. The number of methoxy groups -OCH3 is 1. The van der Waals surface area contributed by atoms with Gasteiger partial charge in [0.2, 0.25) is 0 Å². The normalized spacial score (nSPS) is 34.2. The van der Waals surface area contributed by atoms with Crippen LogP contribution in [0.3, 0.4) is 0 Å². The Balaban J connectivity index is 1.70. The molecule has 0 amide bonds. The molecule has 6 rings (SSSR count). The smallest absolute Gasteiger partial charge is 0.167 e. The van der Waals surface area contributed by atoms with Gasteiger partial charge in [0, 0.05) is 41.6 Å². The van der Waals surface area contributed by atoms with E-state index < -0.39 is 0 Å². The zero-order valence-electron chi connectivity index (χ0n) is 14.5. The van der Waals surface area contributed by atoms with Gasteiger partial charge in [0.1, 0.15) is 0 Å². The Morgan fingerprint density at radius 3 is 3.00 bits per heavy atom. The quantitative estimate of drug-likeness (QED) is 0.886. The number of rotatable bonds is 2. The van der Waals surface area contributed by atoms with E-state index >= 15 is 0 Å². The zero-order chi connectivity index (χ0) is 16.4. The number of nitrogens with one attached hydrogen (secondary N) is 1. The van der Waals surface area contributed by atoms with E-state index in [0.717, 1.165) is 35.7 Å². The number of nitrogens with zero attached hydrogens (tertiary/aromatic N) is 1. The number of aromatic hydroxyl groups is 1. The number of aromatic nitrogens is 1. The molecule has 1 aromatic carbocycles. The Morgan fingerprint density at radius 1 is 1.33 bits per heavy atom. The highest BCUT2D eigenvalue weighted by molar-refractivity contribution is 5.93. The monoisotopic (exact) mass is 326 g/mol. The Morgan fingerprint density at radius 2 is 2.21 bits per heavy atom. The van der Waals surface area contributed by atoms with Gasteiger partial charge in [0.15, 0.2) is 11.5 Å². The van der Waals surface area contributed by atoms with E-state index in [1.165, 1.54) is 37.1 Å². The number of aromatic amines is 1. The molecule has 2 saturated heterocycles. The number of phenolic OH excluding ortho intramolecular Hbond substituents is 1. The second-order valence-electron chi connectivity index (χ2n) is 7.90. The number of phenols is 1. The second-order valence-corrected chi connectivity index (χ2v) is 7.90. The van der Waals surface area contributed by atoms with Crippen LogP contribution in [0.15, 0.2) is 12.1 Å². The summed E-state index contributed by atoms with van der Waals surface area (Å²) in [5, 5.41) is 11.7. The molecule has 2 N–H and O–H groups in total. The van der Waals surface area contributed by atoms with E-state index in [1.807, 2.05) is 6.07 Å². The maximum Gasteiger partial charge on any atom is 0.167 e. The number of piperidine rings is 2. The van der Waals surface area contributed by atoms with Crippen molar-refractivity contribution in [1.82, 2.24) is 9.88 Å². The van der Waals surface area contributed by atoms with E-state index in [-0.39, 0.29) is 0 Å². The fourth-order valence-electron chi connectivity index (χ4n) is 5.92. The Kier molecular flexibility index (Phi) is 3.15. The van der Waals surface area contributed by atoms with Gasteiger partial charge in [-0.1, -0.05) is 13.3 Å². The summed E-state index contributed by atoms with van der Waals surface area (Å²) in [6.45, 7) is 4.74. The van der Waals surface area contributed by atoms with Crippen molar-refractivity contribution in [1.29, 1.82) is 0 Å². The van der Waals surface area contributed by atoms with Crippen LogP contribution in [0.5, 0.6) is 11.5 Å². The molecule has 4 heteroatoms. The van der Waals surface area contributed by atoms with Crippen LogP contribution in [0.25, 0.3) is 10.9 Å². The molecule has 0 radical (unpaired) electrons. The van der Waals surface area contributed by atoms with Crippen LogP contribution in [0.4, 0.5) is 0 Å². The molecule has 2 unspecified atom stereocenters. The van der Waals surface area contributed by atoms with E-state index in [1.54, 1.807) is 7.11 Å². The van der Waals surface area contributed by atoms with Crippen molar-refractivity contribution in [2.75, 3.05) is 20.2 Å². The zero-order valence-corrected chi connectivity index (χ0v) is 14.5. The molecule has 128 valence electrons. The molecule has 3 aliphatic heterocycles. The first-order valence-electron chi connectivity index (χ1n) is 9.35. The molecule has 1 saturated carbocycles. The molecule has 1 aromatic heterocycles. The highest BCUT2D eigenvalue weighted by Gasteiger charge is 2.48. The van der Waals surface area contributed by atoms with Gasteiger partial charge in [-0.15, -0.1) is 0 Å². The van der Waals surface area contributed by atoms with Crippen molar-refractivity contribution in [2.45, 2.75) is 44.6 Å². The highest BCUT2D eigenvalue weighted by atomic mass is 16.5. The van der Waals surface area contributed by atoms with E-state index in [2.05, 4.69) is 22.9 Å². The van der Waals surface area contributed by atoms with Gasteiger partial charge in [0.25, 0.3) is 0 Å². The number of ether oxygens (including phenoxy) is 1. The van der Waals surface area contributed by atoms with Crippen LogP contribution < -0.4 is 4.74 Å². The van der Waals surface area contributed by atoms with Crippen LogP contribution in [-0.4, -0.2) is 41.2 Å². The van der Waals surface area contributed by atoms with Crippen LogP contribution in [0, 0.1) is 11.8 Å². The minimum Gasteiger partial charge on any atom is -0.504 e. The average molecular weight is 326 g/mol. The third-order valence-corrected chi connectivity index (χ3v) is 6.83. The summed E-state index contributed by atoms with van der Waals surface area (Å²) in [5.74, 6) is 3.13. The number of benzene rings is 1. The SMILES string of the molecule is CC[C@H]1C[C@H]2C[C@H]3c4[nH]c5ccc(OC)c(O)c5c4CCN(C2)C13. The summed E-state index contributed by atoms with van der Waals surface area (Å²) >= 11 is 0. The number of fused-ring (bicyclic) bond motifs is 4. The van der Waals surface area contributed by atoms with Gasteiger partial charge in [0.05, 0.1) is 7.11 Å². The lowest BCUT2D eigenvalue weighted by atomic mass is 9.65. The van der Waals surface area contributed by atoms with Crippen molar-refractivity contribution in [3.8, 4) is 11.5 Å². The summed E-state index contributed by atoms with van der Waals surface area (Å²) in [7, 11) is 1.62. The van der Waals surface area contributed by atoms with Crippen LogP contribution in [-0.2, 0) is 6.42 Å². The molecular formula is C20H26N2O2. The van der Waals surface area contributed by atoms with E-state index in [4.69, 9.17) is 4.74 Å². The molecule has 4 aliphatic rings. The van der Waals surface area contributed by atoms with Gasteiger partial charge < -0.3 is 14.8 Å². The van der Waals surface area contributed by atoms with Crippen LogP contribution in [0.2, 0.25) is 0 Å². The maximum atomic E-state index is 10.7. The topological polar surface area (TPSA) is 48.5 Å². The van der Waals surface area contributed by atoms with E-state index in [0.29, 0.717) is 23.5 Å². The van der Waals surface area contributed by atoms with Crippen molar-refractivity contribution >= 4 is 10.9 Å². The third-order valence-electron chi connectivity index (χ3n) is 6.83. The molecule has 4 nitrogen and oxygen atoms in total. The number of hydrogen-bond donors (Lipinski definition) is 2. The Hall–Kier alpha value is -1.68. The molecule has 5 atom stereocenters. The Labute approximate surface area is 142 Å². The maximum absolute atomic E-state index is 10.7. The fraction of sp³-hybridized carbons (Fsp3) is 0.600. The first kappa shape index (κ1) is 14.6. The second kappa shape index (κ2) is 5.16. The van der Waals surface area contributed by atoms with Crippen LogP contribution >= 0.6 is 0 Å². The predicted octanol–water partition coefficient (Wildman–Crippen LogP) is 3.64. The lowest BCUT2D eigenvalue weighted by molar-refractivity contribution is -0.0134. The molecule has 4 heterocycles. The van der Waals surface area contributed by atoms with Gasteiger partial charge >= 0.3 is 0 Å². The summed E-state index contributed by atoms with van der Waals surface area (Å²) in [5.41, 5.74) is 3.78. The van der Waals surface area contributed by atoms with Gasteiger partial charge in [-0.25, -0.2) is 0 Å². The van der Waals surface area contributed by atoms with E-state index in [9.17, 15) is 5.11 Å². The summed E-state index contributed by atoms with van der Waals surface area (Å²) in [4.78, 5) is 6.43. The summed E-state index contributed by atoms with van der Waals surface area (Å²) in [6.07, 6.45) is 5.01. The van der Waals surface area contributed by atoms with Crippen molar-refractivity contribution in [3.63, 3.8) is 0 Å². The fourth-order valence-corrected chi connectivity index (χ4v) is 5.92. The third kappa shape index (κ3) is 1.83. The van der Waals surface area contributed by atoms with Crippen LogP contribution in [0.1, 0.15) is 43.4 Å². The standard InChI is InChI=1S/C20H26N2O2/c1-3-12-8-11-9-14-18-13(6-7-22(10-11)19(12)14)17-15(21-18)4-5-16(24-2)20(17)23/h4-5,11-12,14,19,21,23H,3,6-10H2,1-2H3/t11-,12-,14-,19?/m0/s1. The summed E-state index contributed by atoms with van der Waals surface area (Å²) < 4.78 is 5.34. The summed E-state index contributed by atoms with van der Waals surface area (Å²) in [6, 6.07) is 4.60. The molecule has 1 aliphatic carbocycles. The Bertz CT molecular complexity index is 797. The lowest BCUT2D eigenvalue weighted by Crippen LogP contribution is -2.56. The minimum absolute atomic E-state index is 0.302. The molecule has 0 spiro atoms. The average Bonchev–Trinajstić information content (AvgIpc) is 2.94. The number of hydrogen-bond acceptors (Lipinski definition) is 3. The van der Waals surface area contributed by atoms with Crippen molar-refractivity contribution < 1.29 is 9.84 Å².